The molecule has 4 rings (SSSR count). The fourth-order valence-electron chi connectivity index (χ4n) is 3.26. The van der Waals surface area contributed by atoms with E-state index in [9.17, 15) is 0 Å². The maximum Gasteiger partial charge on any atom is 0.0386 e. The van der Waals surface area contributed by atoms with Crippen LogP contribution in [0.15, 0.2) is 72.8 Å². The van der Waals surface area contributed by atoms with Crippen molar-refractivity contribution in [3.05, 3.63) is 95.6 Å². The Morgan fingerprint density at radius 2 is 1.50 bits per heavy atom. The van der Waals surface area contributed by atoms with Gasteiger partial charge in [-0.25, -0.2) is 0 Å². The van der Waals surface area contributed by atoms with Crippen molar-refractivity contribution in [2.24, 2.45) is 0 Å². The van der Waals surface area contributed by atoms with E-state index >= 15 is 0 Å². The number of hydrogen-bond acceptors (Lipinski definition) is 1. The van der Waals surface area contributed by atoms with E-state index in [-0.39, 0.29) is 0 Å². The van der Waals surface area contributed by atoms with Crippen LogP contribution in [0.5, 0.6) is 0 Å². The molecular weight excluding hydrogens is 266 g/mol. The standard InChI is InChI=1S/C21H18N/c1-2-8-18(9-3-1)19-12-16-6-4-10-20(14-16)22-21-11-5-7-17(13-19)15-21/h1-2,4-11,14-15,19,22H,12-13H2. The quantitative estimate of drug-likeness (QED) is 0.654. The van der Waals surface area contributed by atoms with Crippen LogP contribution >= 0.6 is 0 Å². The molecule has 1 aliphatic rings. The first-order chi connectivity index (χ1) is 10.9. The maximum atomic E-state index is 3.50. The van der Waals surface area contributed by atoms with Gasteiger partial charge in [0.15, 0.2) is 0 Å². The maximum absolute atomic E-state index is 3.50. The predicted octanol–water partition coefficient (Wildman–Crippen LogP) is 5.11. The Balaban J connectivity index is 1.80. The van der Waals surface area contributed by atoms with Gasteiger partial charge in [0.25, 0.3) is 0 Å². The highest BCUT2D eigenvalue weighted by Crippen LogP contribution is 2.29. The summed E-state index contributed by atoms with van der Waals surface area (Å²) in [7, 11) is 0. The van der Waals surface area contributed by atoms with Gasteiger partial charge in [0.2, 0.25) is 0 Å². The van der Waals surface area contributed by atoms with Gasteiger partial charge in [-0.1, -0.05) is 48.5 Å². The zero-order valence-electron chi connectivity index (χ0n) is 12.4. The summed E-state index contributed by atoms with van der Waals surface area (Å²) in [5, 5.41) is 3.50. The average molecular weight is 284 g/mol. The Hall–Kier alpha value is -2.54. The molecule has 1 heterocycles. The summed E-state index contributed by atoms with van der Waals surface area (Å²) in [6, 6.07) is 29.1. The van der Waals surface area contributed by atoms with Gasteiger partial charge in [-0.15, -0.1) is 0 Å². The molecule has 22 heavy (non-hydrogen) atoms. The van der Waals surface area contributed by atoms with Crippen LogP contribution in [0.1, 0.15) is 22.6 Å². The molecule has 1 N–H and O–H groups in total. The molecule has 0 saturated carbocycles. The summed E-state index contributed by atoms with van der Waals surface area (Å²) >= 11 is 0. The topological polar surface area (TPSA) is 12.0 Å². The minimum absolute atomic E-state index is 0.487. The molecule has 0 aromatic heterocycles. The van der Waals surface area contributed by atoms with Gasteiger partial charge in [-0.2, -0.15) is 0 Å². The van der Waals surface area contributed by atoms with Crippen LogP contribution in [0.2, 0.25) is 0 Å². The van der Waals surface area contributed by atoms with Crippen molar-refractivity contribution in [2.75, 3.05) is 5.32 Å². The lowest BCUT2D eigenvalue weighted by atomic mass is 9.86. The Morgan fingerprint density at radius 3 is 2.09 bits per heavy atom. The number of nitrogens with one attached hydrogen (secondary N) is 1. The molecule has 0 fully saturated rings. The molecular formula is C21H18N. The van der Waals surface area contributed by atoms with Gasteiger partial charge >= 0.3 is 0 Å². The second-order valence-corrected chi connectivity index (χ2v) is 5.97. The highest BCUT2D eigenvalue weighted by atomic mass is 14.9. The van der Waals surface area contributed by atoms with Crippen LogP contribution in [-0.4, -0.2) is 0 Å². The highest BCUT2D eigenvalue weighted by molar-refractivity contribution is 5.61. The van der Waals surface area contributed by atoms with E-state index in [2.05, 4.69) is 78.1 Å². The molecule has 0 aliphatic carbocycles. The van der Waals surface area contributed by atoms with E-state index in [1.807, 2.05) is 6.07 Å². The zero-order chi connectivity index (χ0) is 14.8. The summed E-state index contributed by atoms with van der Waals surface area (Å²) in [5.74, 6) is 0.487. The number of rotatable bonds is 1. The number of anilines is 2. The second-order valence-electron chi connectivity index (χ2n) is 5.97. The zero-order valence-corrected chi connectivity index (χ0v) is 12.4. The van der Waals surface area contributed by atoms with Crippen molar-refractivity contribution in [2.45, 2.75) is 18.8 Å². The van der Waals surface area contributed by atoms with Gasteiger partial charge in [0.05, 0.1) is 0 Å². The van der Waals surface area contributed by atoms with Gasteiger partial charge in [0.1, 0.15) is 0 Å². The summed E-state index contributed by atoms with van der Waals surface area (Å²) in [6.45, 7) is 0. The SMILES string of the molecule is [c]1cccc(C2Cc3cccc(c3)Nc3cccc(c3)C2)c1. The normalized spacial score (nSPS) is 14.2. The summed E-state index contributed by atoms with van der Waals surface area (Å²) < 4.78 is 0. The van der Waals surface area contributed by atoms with Gasteiger partial charge in [0, 0.05) is 11.4 Å². The fraction of sp³-hybridized carbons (Fsp3) is 0.143. The summed E-state index contributed by atoms with van der Waals surface area (Å²) in [5.41, 5.74) is 6.45. The van der Waals surface area contributed by atoms with Crippen molar-refractivity contribution in [1.29, 1.82) is 0 Å². The van der Waals surface area contributed by atoms with Crippen LogP contribution in [0.3, 0.4) is 0 Å². The lowest BCUT2D eigenvalue weighted by Gasteiger charge is -2.21. The Kier molecular flexibility index (Phi) is 3.40. The fourth-order valence-corrected chi connectivity index (χ4v) is 3.26. The first-order valence-corrected chi connectivity index (χ1v) is 7.78. The smallest absolute Gasteiger partial charge is 0.0386 e. The molecule has 3 aromatic rings. The minimum Gasteiger partial charge on any atom is -0.356 e. The Bertz CT molecular complexity index is 729. The van der Waals surface area contributed by atoms with Crippen LogP contribution in [0.4, 0.5) is 11.4 Å². The van der Waals surface area contributed by atoms with Gasteiger partial charge in [-0.3, -0.25) is 0 Å². The van der Waals surface area contributed by atoms with E-state index in [1.165, 1.54) is 16.7 Å². The average Bonchev–Trinajstić information content (AvgIpc) is 2.55. The van der Waals surface area contributed by atoms with E-state index in [4.69, 9.17) is 0 Å². The van der Waals surface area contributed by atoms with Crippen LogP contribution in [0, 0.1) is 6.07 Å². The van der Waals surface area contributed by atoms with E-state index in [0.717, 1.165) is 24.2 Å². The third-order valence-electron chi connectivity index (χ3n) is 4.31. The predicted molar refractivity (Wildman–Crippen MR) is 91.6 cm³/mol. The highest BCUT2D eigenvalue weighted by Gasteiger charge is 2.15. The third kappa shape index (κ3) is 2.75. The van der Waals surface area contributed by atoms with Crippen molar-refractivity contribution >= 4 is 11.4 Å². The number of hydrogen-bond donors (Lipinski definition) is 1. The van der Waals surface area contributed by atoms with Crippen LogP contribution < -0.4 is 5.32 Å². The second kappa shape index (κ2) is 5.69. The lowest BCUT2D eigenvalue weighted by Crippen LogP contribution is -2.08. The van der Waals surface area contributed by atoms with Gasteiger partial charge < -0.3 is 5.32 Å². The van der Waals surface area contributed by atoms with Crippen molar-refractivity contribution in [1.82, 2.24) is 0 Å². The largest absolute Gasteiger partial charge is 0.356 e. The molecule has 0 saturated heterocycles. The molecule has 3 aromatic carbocycles. The first-order valence-electron chi connectivity index (χ1n) is 7.78. The number of fused-ring (bicyclic) bond motifs is 4. The molecule has 1 radical (unpaired) electrons. The van der Waals surface area contributed by atoms with Crippen molar-refractivity contribution < 1.29 is 0 Å². The first kappa shape index (κ1) is 13.1. The van der Waals surface area contributed by atoms with Crippen LogP contribution in [-0.2, 0) is 12.8 Å². The van der Waals surface area contributed by atoms with E-state index < -0.39 is 0 Å². The minimum atomic E-state index is 0.487. The molecule has 0 atom stereocenters. The van der Waals surface area contributed by atoms with E-state index in [1.54, 1.807) is 0 Å². The Labute approximate surface area is 131 Å². The van der Waals surface area contributed by atoms with Crippen LogP contribution in [0.25, 0.3) is 0 Å². The molecule has 4 bridgehead atoms. The molecule has 0 unspecified atom stereocenters. The Morgan fingerprint density at radius 1 is 0.818 bits per heavy atom. The van der Waals surface area contributed by atoms with Crippen molar-refractivity contribution in [3.8, 4) is 0 Å². The van der Waals surface area contributed by atoms with Gasteiger partial charge in [-0.05, 0) is 65.8 Å². The molecule has 1 heteroatoms. The molecule has 0 spiro atoms. The monoisotopic (exact) mass is 284 g/mol. The van der Waals surface area contributed by atoms with Crippen molar-refractivity contribution in [3.63, 3.8) is 0 Å². The third-order valence-corrected chi connectivity index (χ3v) is 4.31. The lowest BCUT2D eigenvalue weighted by molar-refractivity contribution is 0.680. The summed E-state index contributed by atoms with van der Waals surface area (Å²) in [4.78, 5) is 0. The van der Waals surface area contributed by atoms with E-state index in [0.29, 0.717) is 5.92 Å². The molecule has 1 aliphatic heterocycles. The molecule has 1 nitrogen and oxygen atoms in total. The molecule has 107 valence electrons. The number of benzene rings is 3. The summed E-state index contributed by atoms with van der Waals surface area (Å²) in [6.07, 6.45) is 2.11. The molecule has 0 amide bonds.